The number of nitrogens with one attached hydrogen (secondary N) is 1. The highest BCUT2D eigenvalue weighted by Gasteiger charge is 2.17. The highest BCUT2D eigenvalue weighted by molar-refractivity contribution is 7.92. The van der Waals surface area contributed by atoms with Crippen LogP contribution in [0.4, 0.5) is 15.8 Å². The molecule has 0 amide bonds. The van der Waals surface area contributed by atoms with E-state index >= 15 is 0 Å². The van der Waals surface area contributed by atoms with E-state index < -0.39 is 15.8 Å². The summed E-state index contributed by atoms with van der Waals surface area (Å²) >= 11 is 0. The van der Waals surface area contributed by atoms with E-state index in [4.69, 9.17) is 0 Å². The minimum absolute atomic E-state index is 0.152. The fourth-order valence-corrected chi connectivity index (χ4v) is 3.15. The first-order valence-electron chi connectivity index (χ1n) is 6.92. The highest BCUT2D eigenvalue weighted by atomic mass is 32.2. The molecule has 0 heterocycles. The van der Waals surface area contributed by atoms with Gasteiger partial charge in [0.05, 0.1) is 16.3 Å². The van der Waals surface area contributed by atoms with Crippen molar-refractivity contribution in [2.75, 3.05) is 23.7 Å². The number of rotatable bonds is 5. The van der Waals surface area contributed by atoms with Crippen LogP contribution in [0, 0.1) is 5.82 Å². The lowest BCUT2D eigenvalue weighted by Gasteiger charge is -2.18. The molecular formula is C16H19FN2O2S. The molecule has 2 aromatic rings. The molecule has 0 saturated carbocycles. The summed E-state index contributed by atoms with van der Waals surface area (Å²) in [6.45, 7) is 2.00. The molecule has 2 rings (SSSR count). The lowest BCUT2D eigenvalue weighted by molar-refractivity contribution is 0.601. The first-order chi connectivity index (χ1) is 10.3. The second-order valence-corrected chi connectivity index (χ2v) is 6.84. The minimum Gasteiger partial charge on any atom is -0.376 e. The Morgan fingerprint density at radius 3 is 2.27 bits per heavy atom. The van der Waals surface area contributed by atoms with E-state index in [0.717, 1.165) is 12.0 Å². The largest absolute Gasteiger partial charge is 0.376 e. The van der Waals surface area contributed by atoms with Gasteiger partial charge < -0.3 is 4.90 Å². The molecule has 0 aliphatic carbocycles. The molecule has 1 N–H and O–H groups in total. The number of hydrogen-bond acceptors (Lipinski definition) is 3. The van der Waals surface area contributed by atoms with E-state index in [1.807, 2.05) is 6.92 Å². The first kappa shape index (κ1) is 16.3. The fraction of sp³-hybridized carbons (Fsp3) is 0.250. The molecule has 0 fully saturated rings. The number of anilines is 2. The van der Waals surface area contributed by atoms with Crippen LogP contribution in [0.3, 0.4) is 0 Å². The quantitative estimate of drug-likeness (QED) is 0.919. The molecule has 2 aromatic carbocycles. The van der Waals surface area contributed by atoms with Gasteiger partial charge in [-0.1, -0.05) is 19.1 Å². The van der Waals surface area contributed by atoms with E-state index in [1.54, 1.807) is 43.3 Å². The summed E-state index contributed by atoms with van der Waals surface area (Å²) in [6.07, 6.45) is 0.836. The maximum atomic E-state index is 13.4. The Hall–Kier alpha value is -2.08. The summed E-state index contributed by atoms with van der Waals surface area (Å²) in [7, 11) is -0.225. The third-order valence-electron chi connectivity index (χ3n) is 3.33. The average molecular weight is 322 g/mol. The van der Waals surface area contributed by atoms with E-state index in [-0.39, 0.29) is 10.6 Å². The molecule has 0 aliphatic heterocycles. The normalized spacial score (nSPS) is 11.3. The van der Waals surface area contributed by atoms with Crippen molar-refractivity contribution >= 4 is 21.4 Å². The Bertz CT molecular complexity index is 756. The lowest BCUT2D eigenvalue weighted by Crippen LogP contribution is -2.17. The maximum absolute atomic E-state index is 13.4. The molecule has 0 bridgehead atoms. The summed E-state index contributed by atoms with van der Waals surface area (Å²) in [5.41, 5.74) is 1.86. The van der Waals surface area contributed by atoms with Crippen molar-refractivity contribution in [3.05, 3.63) is 53.8 Å². The van der Waals surface area contributed by atoms with Gasteiger partial charge in [0.1, 0.15) is 5.82 Å². The number of sulfonamides is 1. The average Bonchev–Trinajstić information content (AvgIpc) is 2.46. The summed E-state index contributed by atoms with van der Waals surface area (Å²) < 4.78 is 40.8. The van der Waals surface area contributed by atoms with Crippen LogP contribution in [0.15, 0.2) is 47.4 Å². The zero-order chi connectivity index (χ0) is 16.3. The van der Waals surface area contributed by atoms with Gasteiger partial charge >= 0.3 is 0 Å². The van der Waals surface area contributed by atoms with Crippen LogP contribution in [0.25, 0.3) is 0 Å². The third-order valence-corrected chi connectivity index (χ3v) is 4.71. The van der Waals surface area contributed by atoms with Crippen LogP contribution in [0.2, 0.25) is 0 Å². The van der Waals surface area contributed by atoms with Gasteiger partial charge in [-0.05, 0) is 36.2 Å². The van der Waals surface area contributed by atoms with Gasteiger partial charge in [-0.15, -0.1) is 0 Å². The molecule has 0 atom stereocenters. The Morgan fingerprint density at radius 2 is 1.73 bits per heavy atom. The second kappa shape index (κ2) is 6.36. The molecular weight excluding hydrogens is 303 g/mol. The number of benzene rings is 2. The van der Waals surface area contributed by atoms with Gasteiger partial charge in [-0.2, -0.15) is 0 Å². The SMILES string of the molecule is CCc1ccc(S(=O)(=O)Nc2cc(F)ccc2N(C)C)cc1. The van der Waals surface area contributed by atoms with Crippen LogP contribution in [-0.2, 0) is 16.4 Å². The fourth-order valence-electron chi connectivity index (χ4n) is 2.09. The predicted octanol–water partition coefficient (Wildman–Crippen LogP) is 3.25. The van der Waals surface area contributed by atoms with E-state index in [0.29, 0.717) is 5.69 Å². The third kappa shape index (κ3) is 3.57. The number of aryl methyl sites for hydroxylation is 1. The summed E-state index contributed by atoms with van der Waals surface area (Å²) in [5, 5.41) is 0. The molecule has 0 spiro atoms. The van der Waals surface area contributed by atoms with Gasteiger partial charge in [0.2, 0.25) is 0 Å². The van der Waals surface area contributed by atoms with E-state index in [9.17, 15) is 12.8 Å². The number of halogens is 1. The van der Waals surface area contributed by atoms with Crippen molar-refractivity contribution < 1.29 is 12.8 Å². The molecule has 6 heteroatoms. The monoisotopic (exact) mass is 322 g/mol. The molecule has 0 radical (unpaired) electrons. The molecule has 0 saturated heterocycles. The zero-order valence-corrected chi connectivity index (χ0v) is 13.6. The van der Waals surface area contributed by atoms with Crippen LogP contribution in [-0.4, -0.2) is 22.5 Å². The Morgan fingerprint density at radius 1 is 1.09 bits per heavy atom. The summed E-state index contributed by atoms with van der Waals surface area (Å²) in [4.78, 5) is 1.87. The van der Waals surface area contributed by atoms with Crippen molar-refractivity contribution in [2.24, 2.45) is 0 Å². The standard InChI is InChI=1S/C16H19FN2O2S/c1-4-12-5-8-14(9-6-12)22(20,21)18-15-11-13(17)7-10-16(15)19(2)3/h5-11,18H,4H2,1-3H3. The van der Waals surface area contributed by atoms with Crippen LogP contribution in [0.5, 0.6) is 0 Å². The second-order valence-electron chi connectivity index (χ2n) is 5.16. The molecule has 118 valence electrons. The topological polar surface area (TPSA) is 49.4 Å². The molecule has 0 aliphatic rings. The van der Waals surface area contributed by atoms with Gasteiger partial charge in [0.15, 0.2) is 0 Å². The number of nitrogens with zero attached hydrogens (tertiary/aromatic N) is 1. The Kier molecular flexibility index (Phi) is 4.71. The van der Waals surface area contributed by atoms with Crippen LogP contribution >= 0.6 is 0 Å². The van der Waals surface area contributed by atoms with Crippen LogP contribution < -0.4 is 9.62 Å². The Labute approximate surface area is 130 Å². The molecule has 4 nitrogen and oxygen atoms in total. The van der Waals surface area contributed by atoms with E-state index in [2.05, 4.69) is 4.72 Å². The van der Waals surface area contributed by atoms with E-state index in [1.165, 1.54) is 18.2 Å². The van der Waals surface area contributed by atoms with Gasteiger partial charge in [0, 0.05) is 20.2 Å². The Balaban J connectivity index is 2.37. The van der Waals surface area contributed by atoms with Crippen LogP contribution in [0.1, 0.15) is 12.5 Å². The first-order valence-corrected chi connectivity index (χ1v) is 8.40. The van der Waals surface area contributed by atoms with Crippen molar-refractivity contribution in [2.45, 2.75) is 18.2 Å². The molecule has 22 heavy (non-hydrogen) atoms. The zero-order valence-electron chi connectivity index (χ0n) is 12.8. The predicted molar refractivity (Wildman–Crippen MR) is 87.4 cm³/mol. The molecule has 0 unspecified atom stereocenters. The smallest absolute Gasteiger partial charge is 0.261 e. The van der Waals surface area contributed by atoms with Gasteiger partial charge in [0.25, 0.3) is 10.0 Å². The van der Waals surface area contributed by atoms with Gasteiger partial charge in [-0.25, -0.2) is 12.8 Å². The minimum atomic E-state index is -3.75. The van der Waals surface area contributed by atoms with Gasteiger partial charge in [-0.3, -0.25) is 4.72 Å². The lowest BCUT2D eigenvalue weighted by atomic mass is 10.2. The summed E-state index contributed by atoms with van der Waals surface area (Å²) in [6, 6.07) is 10.6. The maximum Gasteiger partial charge on any atom is 0.261 e. The number of hydrogen-bond donors (Lipinski definition) is 1. The highest BCUT2D eigenvalue weighted by Crippen LogP contribution is 2.27. The van der Waals surface area contributed by atoms with Crippen molar-refractivity contribution in [3.8, 4) is 0 Å². The summed E-state index contributed by atoms with van der Waals surface area (Å²) in [5.74, 6) is -0.496. The molecule has 0 aromatic heterocycles. The van der Waals surface area contributed by atoms with Crippen molar-refractivity contribution in [3.63, 3.8) is 0 Å². The van der Waals surface area contributed by atoms with Crippen molar-refractivity contribution in [1.29, 1.82) is 0 Å². The van der Waals surface area contributed by atoms with Crippen molar-refractivity contribution in [1.82, 2.24) is 0 Å².